The van der Waals surface area contributed by atoms with Crippen LogP contribution in [0.3, 0.4) is 0 Å². The molecule has 0 saturated carbocycles. The van der Waals surface area contributed by atoms with Gasteiger partial charge in [0.1, 0.15) is 11.2 Å². The highest BCUT2D eigenvalue weighted by molar-refractivity contribution is 6.16. The van der Waals surface area contributed by atoms with Crippen molar-refractivity contribution in [1.29, 1.82) is 0 Å². The van der Waals surface area contributed by atoms with E-state index in [1.54, 1.807) is 0 Å². The summed E-state index contributed by atoms with van der Waals surface area (Å²) in [6.45, 7) is 0. The number of anilines is 3. The summed E-state index contributed by atoms with van der Waals surface area (Å²) < 4.78 is 6.51. The molecule has 9 aromatic carbocycles. The highest BCUT2D eigenvalue weighted by atomic mass is 16.3. The maximum Gasteiger partial charge on any atom is 0.136 e. The van der Waals surface area contributed by atoms with E-state index in [0.29, 0.717) is 0 Å². The van der Waals surface area contributed by atoms with Gasteiger partial charge in [0.2, 0.25) is 0 Å². The van der Waals surface area contributed by atoms with Crippen molar-refractivity contribution in [3.63, 3.8) is 0 Å². The molecule has 10 rings (SSSR count). The summed E-state index contributed by atoms with van der Waals surface area (Å²) in [7, 11) is 0. The molecule has 1 heterocycles. The third kappa shape index (κ3) is 5.71. The van der Waals surface area contributed by atoms with Crippen LogP contribution in [-0.2, 0) is 0 Å². The van der Waals surface area contributed by atoms with Crippen molar-refractivity contribution in [2.24, 2.45) is 0 Å². The molecule has 0 spiro atoms. The summed E-state index contributed by atoms with van der Waals surface area (Å²) in [6.07, 6.45) is 0. The molecular weight excluding hydrogens is 655 g/mol. The first-order valence-electron chi connectivity index (χ1n) is 18.4. The van der Waals surface area contributed by atoms with Gasteiger partial charge in [-0.15, -0.1) is 0 Å². The largest absolute Gasteiger partial charge is 0.456 e. The van der Waals surface area contributed by atoms with Crippen molar-refractivity contribution in [3.05, 3.63) is 212 Å². The van der Waals surface area contributed by atoms with Gasteiger partial charge in [-0.3, -0.25) is 0 Å². The smallest absolute Gasteiger partial charge is 0.136 e. The van der Waals surface area contributed by atoms with E-state index in [2.05, 4.69) is 211 Å². The second kappa shape index (κ2) is 13.4. The van der Waals surface area contributed by atoms with Crippen LogP contribution in [0.15, 0.2) is 217 Å². The predicted octanol–water partition coefficient (Wildman–Crippen LogP) is 14.9. The van der Waals surface area contributed by atoms with E-state index in [0.717, 1.165) is 50.1 Å². The zero-order valence-corrected chi connectivity index (χ0v) is 29.6. The molecule has 0 atom stereocenters. The summed E-state index contributed by atoms with van der Waals surface area (Å²) in [6, 6.07) is 75.9. The lowest BCUT2D eigenvalue weighted by Crippen LogP contribution is -2.11. The Hall–Kier alpha value is -7.16. The molecule has 0 unspecified atom stereocenters. The van der Waals surface area contributed by atoms with E-state index in [1.165, 1.54) is 44.2 Å². The van der Waals surface area contributed by atoms with Gasteiger partial charge in [-0.25, -0.2) is 0 Å². The molecule has 10 aromatic rings. The fourth-order valence-electron chi connectivity index (χ4n) is 7.78. The summed E-state index contributed by atoms with van der Waals surface area (Å²) in [5, 5.41) is 4.69. The minimum Gasteiger partial charge on any atom is -0.456 e. The summed E-state index contributed by atoms with van der Waals surface area (Å²) in [5.74, 6) is 0. The number of benzene rings is 9. The van der Waals surface area contributed by atoms with Crippen LogP contribution in [-0.4, -0.2) is 0 Å². The second-order valence-corrected chi connectivity index (χ2v) is 13.7. The zero-order chi connectivity index (χ0) is 35.8. The van der Waals surface area contributed by atoms with E-state index in [4.69, 9.17) is 4.42 Å². The van der Waals surface area contributed by atoms with E-state index in [9.17, 15) is 0 Å². The number of hydrogen-bond acceptors (Lipinski definition) is 2. The average Bonchev–Trinajstić information content (AvgIpc) is 3.64. The molecule has 0 radical (unpaired) electrons. The van der Waals surface area contributed by atoms with Gasteiger partial charge in [-0.1, -0.05) is 164 Å². The Morgan fingerprint density at radius 3 is 1.44 bits per heavy atom. The van der Waals surface area contributed by atoms with Crippen molar-refractivity contribution >= 4 is 49.8 Å². The van der Waals surface area contributed by atoms with Crippen LogP contribution in [0, 0.1) is 0 Å². The first-order valence-corrected chi connectivity index (χ1v) is 18.4. The van der Waals surface area contributed by atoms with Crippen LogP contribution in [0.4, 0.5) is 17.1 Å². The maximum absolute atomic E-state index is 6.51. The van der Waals surface area contributed by atoms with Crippen LogP contribution in [0.2, 0.25) is 0 Å². The molecule has 0 aliphatic carbocycles. The molecule has 254 valence electrons. The minimum absolute atomic E-state index is 0.868. The Morgan fingerprint density at radius 1 is 0.315 bits per heavy atom. The number of furan rings is 1. The van der Waals surface area contributed by atoms with Gasteiger partial charge in [0.25, 0.3) is 0 Å². The molecule has 2 nitrogen and oxygen atoms in total. The predicted molar refractivity (Wildman–Crippen MR) is 228 cm³/mol. The molecular formula is C52H35NO. The third-order valence-corrected chi connectivity index (χ3v) is 10.5. The van der Waals surface area contributed by atoms with E-state index >= 15 is 0 Å². The van der Waals surface area contributed by atoms with E-state index in [1.807, 2.05) is 6.07 Å². The quantitative estimate of drug-likeness (QED) is 0.166. The Kier molecular flexibility index (Phi) is 7.85. The molecule has 0 fully saturated rings. The molecule has 0 aliphatic heterocycles. The molecule has 2 heteroatoms. The van der Waals surface area contributed by atoms with Crippen molar-refractivity contribution < 1.29 is 4.42 Å². The lowest BCUT2D eigenvalue weighted by atomic mass is 9.93. The maximum atomic E-state index is 6.51. The topological polar surface area (TPSA) is 16.4 Å². The first-order chi connectivity index (χ1) is 26.8. The molecule has 1 aromatic heterocycles. The molecule has 0 saturated heterocycles. The van der Waals surface area contributed by atoms with Gasteiger partial charge in [0.05, 0.1) is 5.69 Å². The van der Waals surface area contributed by atoms with Gasteiger partial charge >= 0.3 is 0 Å². The van der Waals surface area contributed by atoms with Gasteiger partial charge in [0, 0.05) is 27.7 Å². The lowest BCUT2D eigenvalue weighted by Gasteiger charge is -2.28. The van der Waals surface area contributed by atoms with E-state index in [-0.39, 0.29) is 0 Å². The van der Waals surface area contributed by atoms with Crippen LogP contribution < -0.4 is 4.90 Å². The Morgan fingerprint density at radius 2 is 0.796 bits per heavy atom. The number of fused-ring (bicyclic) bond motifs is 4. The SMILES string of the molecule is c1ccc(-c2ccc(N(c3ccc(-c4ccccc4)cc3)c3ccc4oc5ccccc5c4c3-c3ccc(-c4ccc5ccccc5c4)cc3)cc2)cc1. The van der Waals surface area contributed by atoms with Crippen molar-refractivity contribution in [3.8, 4) is 44.5 Å². The minimum atomic E-state index is 0.868. The van der Waals surface area contributed by atoms with Crippen LogP contribution in [0.5, 0.6) is 0 Å². The van der Waals surface area contributed by atoms with Gasteiger partial charge in [0.15, 0.2) is 0 Å². The summed E-state index contributed by atoms with van der Waals surface area (Å²) in [4.78, 5) is 2.39. The number of nitrogens with zero attached hydrogens (tertiary/aromatic N) is 1. The Bertz CT molecular complexity index is 2810. The van der Waals surface area contributed by atoms with Gasteiger partial charge in [-0.2, -0.15) is 0 Å². The summed E-state index contributed by atoms with van der Waals surface area (Å²) >= 11 is 0. The highest BCUT2D eigenvalue weighted by Gasteiger charge is 2.23. The van der Waals surface area contributed by atoms with Gasteiger partial charge in [-0.05, 0) is 98.2 Å². The second-order valence-electron chi connectivity index (χ2n) is 13.7. The van der Waals surface area contributed by atoms with Gasteiger partial charge < -0.3 is 9.32 Å². The van der Waals surface area contributed by atoms with Crippen LogP contribution >= 0.6 is 0 Å². The highest BCUT2D eigenvalue weighted by Crippen LogP contribution is 2.47. The Balaban J connectivity index is 1.17. The molecule has 0 N–H and O–H groups in total. The fraction of sp³-hybridized carbons (Fsp3) is 0. The molecule has 0 bridgehead atoms. The summed E-state index contributed by atoms with van der Waals surface area (Å²) in [5.41, 5.74) is 14.4. The normalized spacial score (nSPS) is 11.3. The molecule has 54 heavy (non-hydrogen) atoms. The monoisotopic (exact) mass is 689 g/mol. The lowest BCUT2D eigenvalue weighted by molar-refractivity contribution is 0.669. The number of rotatable bonds is 7. The average molecular weight is 690 g/mol. The molecule has 0 aliphatic rings. The number of hydrogen-bond donors (Lipinski definition) is 0. The van der Waals surface area contributed by atoms with Crippen molar-refractivity contribution in [1.82, 2.24) is 0 Å². The van der Waals surface area contributed by atoms with Crippen LogP contribution in [0.1, 0.15) is 0 Å². The van der Waals surface area contributed by atoms with Crippen LogP contribution in [0.25, 0.3) is 77.2 Å². The molecule has 0 amide bonds. The Labute approximate surface area is 314 Å². The van der Waals surface area contributed by atoms with Crippen molar-refractivity contribution in [2.75, 3.05) is 4.90 Å². The standard InChI is InChI=1S/C52H35NO/c1-3-11-36(12-4-1)39-25-29-45(30-26-39)53(46-31-27-40(28-32-46)37-13-5-2-6-14-37)48-33-34-50-52(47-17-9-10-18-49(47)54-50)51(48)42-22-19-41(20-23-42)44-24-21-38-15-7-8-16-43(38)35-44/h1-35H. The van der Waals surface area contributed by atoms with Crippen molar-refractivity contribution in [2.45, 2.75) is 0 Å². The fourth-order valence-corrected chi connectivity index (χ4v) is 7.78. The van der Waals surface area contributed by atoms with E-state index < -0.39 is 0 Å². The number of para-hydroxylation sites is 1. The third-order valence-electron chi connectivity index (χ3n) is 10.5. The zero-order valence-electron chi connectivity index (χ0n) is 29.6. The first kappa shape index (κ1) is 31.6.